The highest BCUT2D eigenvalue weighted by atomic mass is 127. The third-order valence-electron chi connectivity index (χ3n) is 4.92. The fourth-order valence-corrected chi connectivity index (χ4v) is 5.92. The van der Waals surface area contributed by atoms with Crippen molar-refractivity contribution in [3.05, 3.63) is 45.9 Å². The summed E-state index contributed by atoms with van der Waals surface area (Å²) in [6.07, 6.45) is 2.85. The number of rotatable bonds is 7. The van der Waals surface area contributed by atoms with Crippen LogP contribution in [0.4, 0.5) is 21.5 Å². The molecule has 10 heteroatoms. The molecule has 3 aromatic rings. The van der Waals surface area contributed by atoms with E-state index in [0.29, 0.717) is 29.6 Å². The zero-order valence-corrected chi connectivity index (χ0v) is 18.4. The largest absolute Gasteiger partial charge is 0.396 e. The summed E-state index contributed by atoms with van der Waals surface area (Å²) in [5.41, 5.74) is 1.03. The van der Waals surface area contributed by atoms with Crippen LogP contribution in [0.2, 0.25) is 0 Å². The van der Waals surface area contributed by atoms with E-state index in [1.165, 1.54) is 17.6 Å². The van der Waals surface area contributed by atoms with Crippen LogP contribution in [0.25, 0.3) is 10.1 Å². The number of hydrogen-bond acceptors (Lipinski definition) is 6. The molecule has 2 aromatic carbocycles. The summed E-state index contributed by atoms with van der Waals surface area (Å²) < 4.78 is 47.7. The van der Waals surface area contributed by atoms with Crippen molar-refractivity contribution in [1.29, 1.82) is 0 Å². The third kappa shape index (κ3) is 3.58. The Kier molecular flexibility index (Phi) is 5.23. The predicted octanol–water partition coefficient (Wildman–Crippen LogP) is 4.44. The topological polar surface area (TPSA) is 91.3 Å². The zero-order chi connectivity index (χ0) is 19.9. The monoisotopic (exact) mass is 533 g/mol. The van der Waals surface area contributed by atoms with Crippen molar-refractivity contribution in [2.75, 3.05) is 16.6 Å². The first-order valence-electron chi connectivity index (χ1n) is 8.58. The summed E-state index contributed by atoms with van der Waals surface area (Å²) in [7, 11) is -3.71. The van der Waals surface area contributed by atoms with E-state index in [0.717, 1.165) is 8.27 Å². The van der Waals surface area contributed by atoms with E-state index in [-0.39, 0.29) is 18.7 Å². The van der Waals surface area contributed by atoms with Gasteiger partial charge in [-0.2, -0.15) is 4.37 Å². The SMILES string of the molecule is O=S(=O)(Nc1ccc2sncc2c1Nc1ccc(I)cc1F)C1(CCO)CC1. The first-order chi connectivity index (χ1) is 13.4. The molecule has 1 fully saturated rings. The van der Waals surface area contributed by atoms with E-state index in [2.05, 4.69) is 14.4 Å². The van der Waals surface area contributed by atoms with Crippen molar-refractivity contribution in [3.63, 3.8) is 0 Å². The Labute approximate surface area is 179 Å². The number of sulfonamides is 1. The van der Waals surface area contributed by atoms with Gasteiger partial charge in [0.25, 0.3) is 0 Å². The number of aliphatic hydroxyl groups is 1. The van der Waals surface area contributed by atoms with Crippen molar-refractivity contribution in [1.82, 2.24) is 4.37 Å². The van der Waals surface area contributed by atoms with Gasteiger partial charge in [0, 0.05) is 15.6 Å². The lowest BCUT2D eigenvalue weighted by Crippen LogP contribution is -2.30. The van der Waals surface area contributed by atoms with Gasteiger partial charge in [-0.15, -0.1) is 0 Å². The third-order valence-corrected chi connectivity index (χ3v) is 8.59. The predicted molar refractivity (Wildman–Crippen MR) is 118 cm³/mol. The second kappa shape index (κ2) is 7.39. The molecule has 0 unspecified atom stereocenters. The van der Waals surface area contributed by atoms with E-state index in [9.17, 15) is 17.9 Å². The van der Waals surface area contributed by atoms with Crippen LogP contribution in [0, 0.1) is 9.39 Å². The molecule has 148 valence electrons. The van der Waals surface area contributed by atoms with E-state index < -0.39 is 20.6 Å². The molecule has 0 aliphatic heterocycles. The summed E-state index contributed by atoms with van der Waals surface area (Å²) >= 11 is 3.30. The molecule has 0 amide bonds. The van der Waals surface area contributed by atoms with Crippen molar-refractivity contribution >= 4 is 71.3 Å². The molecule has 1 saturated carbocycles. The molecule has 6 nitrogen and oxygen atoms in total. The number of benzene rings is 2. The van der Waals surface area contributed by atoms with E-state index in [1.54, 1.807) is 30.5 Å². The molecule has 4 rings (SSSR count). The van der Waals surface area contributed by atoms with Crippen LogP contribution >= 0.6 is 34.1 Å². The minimum Gasteiger partial charge on any atom is -0.396 e. The van der Waals surface area contributed by atoms with Crippen molar-refractivity contribution in [2.24, 2.45) is 0 Å². The Morgan fingerprint density at radius 3 is 2.68 bits per heavy atom. The number of nitrogens with one attached hydrogen (secondary N) is 2. The average molecular weight is 533 g/mol. The molecule has 1 aliphatic rings. The van der Waals surface area contributed by atoms with Gasteiger partial charge in [0.2, 0.25) is 10.0 Å². The van der Waals surface area contributed by atoms with Crippen LogP contribution in [0.3, 0.4) is 0 Å². The van der Waals surface area contributed by atoms with Gasteiger partial charge in [0.15, 0.2) is 0 Å². The number of halogens is 2. The molecule has 0 saturated heterocycles. The Balaban J connectivity index is 1.76. The van der Waals surface area contributed by atoms with Crippen LogP contribution in [0.5, 0.6) is 0 Å². The summed E-state index contributed by atoms with van der Waals surface area (Å²) in [4.78, 5) is 0. The standard InChI is InChI=1S/C18H17FIN3O3S2/c19-13-9-11(20)1-2-14(13)22-17-12-10-21-27-16(12)4-3-15(17)23-28(25,26)18(5-6-18)7-8-24/h1-4,9-10,22-24H,5-8H2. The summed E-state index contributed by atoms with van der Waals surface area (Å²) in [6.45, 7) is -0.187. The molecule has 1 aromatic heterocycles. The normalized spacial score (nSPS) is 15.5. The maximum atomic E-state index is 14.4. The molecule has 0 spiro atoms. The molecular weight excluding hydrogens is 516 g/mol. The summed E-state index contributed by atoms with van der Waals surface area (Å²) in [5, 5.41) is 13.0. The summed E-state index contributed by atoms with van der Waals surface area (Å²) in [6, 6.07) is 8.22. The Hall–Kier alpha value is -1.50. The lowest BCUT2D eigenvalue weighted by molar-refractivity contribution is 0.283. The molecular formula is C18H17FIN3O3S2. The smallest absolute Gasteiger partial charge is 0.238 e. The molecule has 0 radical (unpaired) electrons. The van der Waals surface area contributed by atoms with Crippen LogP contribution in [0.1, 0.15) is 19.3 Å². The summed E-state index contributed by atoms with van der Waals surface area (Å²) in [5.74, 6) is -0.431. The first-order valence-corrected chi connectivity index (χ1v) is 11.9. The Morgan fingerprint density at radius 2 is 2.00 bits per heavy atom. The van der Waals surface area contributed by atoms with Crippen LogP contribution < -0.4 is 10.0 Å². The number of anilines is 3. The molecule has 0 atom stereocenters. The second-order valence-corrected chi connectivity index (χ2v) is 10.9. The maximum absolute atomic E-state index is 14.4. The average Bonchev–Trinajstić information content (AvgIpc) is 3.28. The van der Waals surface area contributed by atoms with E-state index in [4.69, 9.17) is 0 Å². The molecule has 3 N–H and O–H groups in total. The fourth-order valence-electron chi connectivity index (χ4n) is 3.14. The van der Waals surface area contributed by atoms with E-state index in [1.807, 2.05) is 22.6 Å². The van der Waals surface area contributed by atoms with Gasteiger partial charge in [-0.05, 0) is 83.7 Å². The Morgan fingerprint density at radius 1 is 1.25 bits per heavy atom. The number of aliphatic hydroxyl groups excluding tert-OH is 1. The minimum atomic E-state index is -3.71. The molecule has 28 heavy (non-hydrogen) atoms. The van der Waals surface area contributed by atoms with Crippen LogP contribution in [-0.2, 0) is 10.0 Å². The quantitative estimate of drug-likeness (QED) is 0.391. The van der Waals surface area contributed by atoms with Crippen molar-refractivity contribution < 1.29 is 17.9 Å². The van der Waals surface area contributed by atoms with Crippen LogP contribution in [0.15, 0.2) is 36.5 Å². The molecule has 1 heterocycles. The maximum Gasteiger partial charge on any atom is 0.238 e. The molecule has 0 bridgehead atoms. The zero-order valence-electron chi connectivity index (χ0n) is 14.6. The van der Waals surface area contributed by atoms with E-state index >= 15 is 0 Å². The molecule has 1 aliphatic carbocycles. The second-order valence-electron chi connectivity index (χ2n) is 6.74. The number of aromatic nitrogens is 1. The highest BCUT2D eigenvalue weighted by Gasteiger charge is 2.54. The number of fused-ring (bicyclic) bond motifs is 1. The van der Waals surface area contributed by atoms with Gasteiger partial charge < -0.3 is 10.4 Å². The lowest BCUT2D eigenvalue weighted by Gasteiger charge is -2.20. The lowest BCUT2D eigenvalue weighted by atomic mass is 10.2. The Bertz CT molecular complexity index is 1150. The number of hydrogen-bond donors (Lipinski definition) is 3. The van der Waals surface area contributed by atoms with Gasteiger partial charge in [-0.25, -0.2) is 12.8 Å². The van der Waals surface area contributed by atoms with Gasteiger partial charge >= 0.3 is 0 Å². The van der Waals surface area contributed by atoms with Crippen LogP contribution in [-0.4, -0.2) is 29.3 Å². The first kappa shape index (κ1) is 19.8. The fraction of sp³-hybridized carbons (Fsp3) is 0.278. The highest BCUT2D eigenvalue weighted by molar-refractivity contribution is 14.1. The van der Waals surface area contributed by atoms with Gasteiger partial charge in [-0.3, -0.25) is 4.72 Å². The van der Waals surface area contributed by atoms with Gasteiger partial charge in [-0.1, -0.05) is 0 Å². The van der Waals surface area contributed by atoms with Gasteiger partial charge in [0.05, 0.1) is 32.7 Å². The minimum absolute atomic E-state index is 0.187. The van der Waals surface area contributed by atoms with Crippen molar-refractivity contribution in [3.8, 4) is 0 Å². The van der Waals surface area contributed by atoms with Crippen molar-refractivity contribution in [2.45, 2.75) is 24.0 Å². The number of nitrogens with zero attached hydrogens (tertiary/aromatic N) is 1. The van der Waals surface area contributed by atoms with Gasteiger partial charge in [0.1, 0.15) is 5.82 Å². The highest BCUT2D eigenvalue weighted by Crippen LogP contribution is 2.48.